The van der Waals surface area contributed by atoms with Gasteiger partial charge in [0.25, 0.3) is 0 Å². The number of phenolic OH excluding ortho intramolecular Hbond substituents is 2. The Morgan fingerprint density at radius 2 is 1.64 bits per heavy atom. The molecule has 0 radical (unpaired) electrons. The lowest BCUT2D eigenvalue weighted by Crippen LogP contribution is -2.22. The summed E-state index contributed by atoms with van der Waals surface area (Å²) >= 11 is 0. The summed E-state index contributed by atoms with van der Waals surface area (Å²) in [6.45, 7) is 6.36. The highest BCUT2D eigenvalue weighted by molar-refractivity contribution is 5.52. The van der Waals surface area contributed by atoms with Crippen molar-refractivity contribution in [2.45, 2.75) is 59.0 Å². The van der Waals surface area contributed by atoms with Crippen molar-refractivity contribution in [1.29, 1.82) is 0 Å². The van der Waals surface area contributed by atoms with Crippen LogP contribution in [0.25, 0.3) is 0 Å². The second-order valence-electron chi connectivity index (χ2n) is 8.73. The highest BCUT2D eigenvalue weighted by Gasteiger charge is 2.44. The fraction of sp³-hybridized carbons (Fsp3) is 0.520. The highest BCUT2D eigenvalue weighted by atomic mass is 16.5. The molecule has 2 aromatic rings. The van der Waals surface area contributed by atoms with Crippen molar-refractivity contribution in [3.8, 4) is 17.2 Å². The molecule has 3 unspecified atom stereocenters. The van der Waals surface area contributed by atoms with Gasteiger partial charge >= 0.3 is 0 Å². The summed E-state index contributed by atoms with van der Waals surface area (Å²) in [4.78, 5) is 0. The van der Waals surface area contributed by atoms with Gasteiger partial charge in [0.1, 0.15) is 11.9 Å². The third-order valence-corrected chi connectivity index (χ3v) is 7.36. The van der Waals surface area contributed by atoms with Gasteiger partial charge in [-0.2, -0.15) is 0 Å². The van der Waals surface area contributed by atoms with E-state index in [1.807, 2.05) is 0 Å². The van der Waals surface area contributed by atoms with E-state index in [9.17, 15) is 10.2 Å². The molecule has 3 nitrogen and oxygen atoms in total. The SMILES string of the molecule is CCC1CC([C@@H]2Cc3ccccc3C2Oc2ccc(O)c(C)c2O)CC1CC. The second kappa shape index (κ2) is 7.69. The van der Waals surface area contributed by atoms with Gasteiger partial charge in [-0.05, 0) is 67.2 Å². The minimum atomic E-state index is -0.0378. The number of fused-ring (bicyclic) bond motifs is 1. The first-order valence-corrected chi connectivity index (χ1v) is 10.8. The number of hydrogen-bond donors (Lipinski definition) is 2. The van der Waals surface area contributed by atoms with Crippen LogP contribution in [-0.2, 0) is 6.42 Å². The van der Waals surface area contributed by atoms with E-state index in [0.717, 1.165) is 18.3 Å². The zero-order valence-electron chi connectivity index (χ0n) is 17.2. The van der Waals surface area contributed by atoms with Crippen LogP contribution in [0, 0.1) is 30.6 Å². The Bertz CT molecular complexity index is 832. The Morgan fingerprint density at radius 1 is 0.964 bits per heavy atom. The molecule has 4 rings (SSSR count). The summed E-state index contributed by atoms with van der Waals surface area (Å²) in [5.41, 5.74) is 3.10. The molecule has 4 atom stereocenters. The van der Waals surface area contributed by atoms with Crippen molar-refractivity contribution in [1.82, 2.24) is 0 Å². The Balaban J connectivity index is 1.65. The molecule has 28 heavy (non-hydrogen) atoms. The standard InChI is InChI=1S/C25H32O3/c1-4-16-12-19(13-17(16)5-2)21-14-18-8-6-7-9-20(18)25(21)28-23-11-10-22(26)15(3)24(23)27/h6-11,16-17,19,21,25-27H,4-5,12-14H2,1-3H3/t16?,17?,19?,21-,25?/m0/s1. The molecule has 2 aliphatic rings. The third kappa shape index (κ3) is 3.25. The van der Waals surface area contributed by atoms with Crippen LogP contribution in [0.1, 0.15) is 62.3 Å². The average Bonchev–Trinajstić information content (AvgIpc) is 3.29. The molecule has 2 aromatic carbocycles. The van der Waals surface area contributed by atoms with E-state index < -0.39 is 0 Å². The largest absolute Gasteiger partial charge is 0.508 e. The number of benzene rings is 2. The second-order valence-corrected chi connectivity index (χ2v) is 8.73. The first-order valence-electron chi connectivity index (χ1n) is 10.8. The molecule has 1 fully saturated rings. The number of phenols is 2. The molecule has 150 valence electrons. The molecule has 0 aromatic heterocycles. The fourth-order valence-electron chi connectivity index (χ4n) is 5.66. The van der Waals surface area contributed by atoms with Crippen LogP contribution in [0.5, 0.6) is 17.2 Å². The molecular weight excluding hydrogens is 348 g/mol. The van der Waals surface area contributed by atoms with Gasteiger partial charge in [0.05, 0.1) is 0 Å². The van der Waals surface area contributed by atoms with E-state index in [1.54, 1.807) is 19.1 Å². The summed E-state index contributed by atoms with van der Waals surface area (Å²) in [5.74, 6) is 3.36. The molecule has 0 aliphatic heterocycles. The lowest BCUT2D eigenvalue weighted by Gasteiger charge is -2.28. The van der Waals surface area contributed by atoms with E-state index >= 15 is 0 Å². The van der Waals surface area contributed by atoms with Crippen LogP contribution < -0.4 is 4.74 Å². The lowest BCUT2D eigenvalue weighted by atomic mass is 9.85. The van der Waals surface area contributed by atoms with Crippen molar-refractivity contribution in [2.24, 2.45) is 23.7 Å². The van der Waals surface area contributed by atoms with Gasteiger partial charge in [-0.1, -0.05) is 51.0 Å². The fourth-order valence-corrected chi connectivity index (χ4v) is 5.66. The van der Waals surface area contributed by atoms with Crippen molar-refractivity contribution in [3.05, 3.63) is 53.1 Å². The maximum Gasteiger partial charge on any atom is 0.164 e. The van der Waals surface area contributed by atoms with Crippen LogP contribution in [0.4, 0.5) is 0 Å². The van der Waals surface area contributed by atoms with Gasteiger partial charge in [-0.3, -0.25) is 0 Å². The summed E-state index contributed by atoms with van der Waals surface area (Å²) in [7, 11) is 0. The molecule has 0 bridgehead atoms. The van der Waals surface area contributed by atoms with Crippen molar-refractivity contribution < 1.29 is 14.9 Å². The van der Waals surface area contributed by atoms with Crippen molar-refractivity contribution in [3.63, 3.8) is 0 Å². The Hall–Kier alpha value is -2.16. The number of hydrogen-bond acceptors (Lipinski definition) is 3. The predicted molar refractivity (Wildman–Crippen MR) is 112 cm³/mol. The normalized spacial score (nSPS) is 29.0. The van der Waals surface area contributed by atoms with Crippen LogP contribution in [0.2, 0.25) is 0 Å². The molecule has 0 amide bonds. The van der Waals surface area contributed by atoms with E-state index in [2.05, 4.69) is 38.1 Å². The quantitative estimate of drug-likeness (QED) is 0.653. The van der Waals surface area contributed by atoms with E-state index in [4.69, 9.17) is 4.74 Å². The monoisotopic (exact) mass is 380 g/mol. The molecule has 0 heterocycles. The lowest BCUT2D eigenvalue weighted by molar-refractivity contribution is 0.105. The number of rotatable bonds is 5. The molecule has 0 saturated heterocycles. The van der Waals surface area contributed by atoms with Crippen LogP contribution in [0.15, 0.2) is 36.4 Å². The minimum Gasteiger partial charge on any atom is -0.508 e. The van der Waals surface area contributed by atoms with Crippen LogP contribution in [-0.4, -0.2) is 10.2 Å². The Morgan fingerprint density at radius 3 is 2.32 bits per heavy atom. The minimum absolute atomic E-state index is 0.0378. The Labute approximate surface area is 168 Å². The zero-order valence-corrected chi connectivity index (χ0v) is 17.2. The molecular formula is C25H32O3. The van der Waals surface area contributed by atoms with Gasteiger partial charge in [-0.15, -0.1) is 0 Å². The summed E-state index contributed by atoms with van der Waals surface area (Å²) < 4.78 is 6.47. The smallest absolute Gasteiger partial charge is 0.164 e. The van der Waals surface area contributed by atoms with Crippen LogP contribution in [0.3, 0.4) is 0 Å². The van der Waals surface area contributed by atoms with Gasteiger partial charge in [0.15, 0.2) is 11.5 Å². The van der Waals surface area contributed by atoms with Gasteiger partial charge < -0.3 is 14.9 Å². The number of aromatic hydroxyl groups is 2. The topological polar surface area (TPSA) is 49.7 Å². The maximum absolute atomic E-state index is 10.5. The van der Waals surface area contributed by atoms with E-state index in [1.165, 1.54) is 36.8 Å². The van der Waals surface area contributed by atoms with Crippen molar-refractivity contribution in [2.75, 3.05) is 0 Å². The summed E-state index contributed by atoms with van der Waals surface area (Å²) in [6, 6.07) is 11.9. The van der Waals surface area contributed by atoms with Gasteiger partial charge in [-0.25, -0.2) is 0 Å². The number of ether oxygens (including phenoxy) is 1. The van der Waals surface area contributed by atoms with Gasteiger partial charge in [0, 0.05) is 11.5 Å². The van der Waals surface area contributed by atoms with Crippen LogP contribution >= 0.6 is 0 Å². The summed E-state index contributed by atoms with van der Waals surface area (Å²) in [5, 5.41) is 20.4. The Kier molecular flexibility index (Phi) is 5.27. The maximum atomic E-state index is 10.5. The van der Waals surface area contributed by atoms with Gasteiger partial charge in [0.2, 0.25) is 0 Å². The molecule has 2 aliphatic carbocycles. The van der Waals surface area contributed by atoms with E-state index in [0.29, 0.717) is 23.1 Å². The molecule has 3 heteroatoms. The zero-order chi connectivity index (χ0) is 19.8. The van der Waals surface area contributed by atoms with Crippen molar-refractivity contribution >= 4 is 0 Å². The molecule has 2 N–H and O–H groups in total. The first kappa shape index (κ1) is 19.2. The molecule has 0 spiro atoms. The highest BCUT2D eigenvalue weighted by Crippen LogP contribution is 2.52. The van der Waals surface area contributed by atoms with E-state index in [-0.39, 0.29) is 17.6 Å². The third-order valence-electron chi connectivity index (χ3n) is 7.36. The average molecular weight is 381 g/mol. The predicted octanol–water partition coefficient (Wildman–Crippen LogP) is 6.16. The molecule has 1 saturated carbocycles. The summed E-state index contributed by atoms with van der Waals surface area (Å²) in [6.07, 6.45) is 6.11. The first-order chi connectivity index (χ1) is 13.5.